The molecule has 0 aliphatic rings. The molecule has 0 spiro atoms. The number of thiol groups is 1. The van der Waals surface area contributed by atoms with Crippen LogP contribution in [0.4, 0.5) is 0 Å². The predicted molar refractivity (Wildman–Crippen MR) is 59.1 cm³/mol. The third-order valence-corrected chi connectivity index (χ3v) is 2.63. The molecule has 0 radical (unpaired) electrons. The van der Waals surface area contributed by atoms with Crippen molar-refractivity contribution in [1.82, 2.24) is 0 Å². The molecule has 3 nitrogen and oxygen atoms in total. The van der Waals surface area contributed by atoms with Crippen LogP contribution in [0.5, 0.6) is 0 Å². The number of nitrogens with zero attached hydrogens (tertiary/aromatic N) is 1. The van der Waals surface area contributed by atoms with E-state index in [2.05, 4.69) is 17.4 Å². The molecule has 0 fully saturated rings. The van der Waals surface area contributed by atoms with Crippen molar-refractivity contribution in [3.63, 3.8) is 0 Å². The molecule has 15 heavy (non-hydrogen) atoms. The molecule has 0 saturated heterocycles. The Morgan fingerprint density at radius 3 is 2.73 bits per heavy atom. The fraction of sp³-hybridized carbons (Fsp3) is 0.273. The first kappa shape index (κ1) is 11.6. The first-order valence-electron chi connectivity index (χ1n) is 4.48. The van der Waals surface area contributed by atoms with Crippen molar-refractivity contribution in [2.75, 3.05) is 7.11 Å². The molecule has 4 heteroatoms. The van der Waals surface area contributed by atoms with Gasteiger partial charge in [0, 0.05) is 4.90 Å². The molecule has 0 saturated carbocycles. The summed E-state index contributed by atoms with van der Waals surface area (Å²) in [5.41, 5.74) is 1.67. The highest BCUT2D eigenvalue weighted by Crippen LogP contribution is 2.22. The summed E-state index contributed by atoms with van der Waals surface area (Å²) in [5.74, 6) is -0.466. The number of aryl methyl sites for hydroxylation is 1. The number of carbonyl (C=O) groups excluding carboxylic acids is 1. The Hall–Kier alpha value is -1.47. The number of carbonyl (C=O) groups is 1. The number of nitriles is 1. The molecule has 0 aliphatic heterocycles. The van der Waals surface area contributed by atoms with E-state index in [9.17, 15) is 4.79 Å². The van der Waals surface area contributed by atoms with E-state index in [0.29, 0.717) is 16.0 Å². The van der Waals surface area contributed by atoms with Crippen LogP contribution in [-0.2, 0) is 11.2 Å². The molecule has 1 aromatic carbocycles. The van der Waals surface area contributed by atoms with Crippen LogP contribution in [0.1, 0.15) is 28.4 Å². The molecule has 1 aromatic rings. The molecule has 78 valence electrons. The molecule has 0 aliphatic carbocycles. The Labute approximate surface area is 94.1 Å². The number of hydrogen-bond donors (Lipinski definition) is 1. The minimum atomic E-state index is -0.466. The van der Waals surface area contributed by atoms with Gasteiger partial charge in [-0.3, -0.25) is 0 Å². The van der Waals surface area contributed by atoms with Crippen LogP contribution in [0, 0.1) is 11.3 Å². The van der Waals surface area contributed by atoms with Gasteiger partial charge >= 0.3 is 5.97 Å². The Morgan fingerprint density at radius 2 is 2.27 bits per heavy atom. The van der Waals surface area contributed by atoms with Crippen LogP contribution < -0.4 is 0 Å². The standard InChI is InChI=1S/C11H11NO2S/c1-3-8-4-7(6-12)5-9(10(8)15)11(13)14-2/h4-5,15H,3H2,1-2H3. The average Bonchev–Trinajstić information content (AvgIpc) is 2.28. The second kappa shape index (κ2) is 4.85. The van der Waals surface area contributed by atoms with Crippen LogP contribution in [0.3, 0.4) is 0 Å². The summed E-state index contributed by atoms with van der Waals surface area (Å²) in [4.78, 5) is 12.0. The SMILES string of the molecule is CCc1cc(C#N)cc(C(=O)OC)c1S. The van der Waals surface area contributed by atoms with E-state index in [-0.39, 0.29) is 0 Å². The Balaban J connectivity index is 3.38. The number of rotatable bonds is 2. The summed E-state index contributed by atoms with van der Waals surface area (Å²) in [5, 5.41) is 8.80. The first-order chi connectivity index (χ1) is 7.13. The zero-order valence-corrected chi connectivity index (χ0v) is 9.47. The van der Waals surface area contributed by atoms with Crippen LogP contribution in [0.2, 0.25) is 0 Å². The lowest BCUT2D eigenvalue weighted by Crippen LogP contribution is -2.05. The topological polar surface area (TPSA) is 50.1 Å². The molecule has 0 bridgehead atoms. The third-order valence-electron chi connectivity index (χ3n) is 2.10. The van der Waals surface area contributed by atoms with Crippen molar-refractivity contribution >= 4 is 18.6 Å². The quantitative estimate of drug-likeness (QED) is 0.615. The van der Waals surface area contributed by atoms with Crippen LogP contribution in [0.25, 0.3) is 0 Å². The first-order valence-corrected chi connectivity index (χ1v) is 4.93. The lowest BCUT2D eigenvalue weighted by Gasteiger charge is -2.08. The largest absolute Gasteiger partial charge is 0.465 e. The van der Waals surface area contributed by atoms with Crippen LogP contribution in [0.15, 0.2) is 17.0 Å². The summed E-state index contributed by atoms with van der Waals surface area (Å²) in [6.45, 7) is 1.94. The van der Waals surface area contributed by atoms with E-state index < -0.39 is 5.97 Å². The molecular formula is C11H11NO2S. The maximum absolute atomic E-state index is 11.4. The number of methoxy groups -OCH3 is 1. The van der Waals surface area contributed by atoms with Gasteiger partial charge in [0.05, 0.1) is 24.3 Å². The van der Waals surface area contributed by atoms with Crippen molar-refractivity contribution in [2.24, 2.45) is 0 Å². The molecule has 0 N–H and O–H groups in total. The smallest absolute Gasteiger partial charge is 0.339 e. The molecule has 0 atom stereocenters. The molecule has 0 unspecified atom stereocenters. The Bertz CT molecular complexity index is 435. The Kier molecular flexibility index (Phi) is 3.75. The molecule has 0 heterocycles. The lowest BCUT2D eigenvalue weighted by atomic mass is 10.0. The van der Waals surface area contributed by atoms with E-state index >= 15 is 0 Å². The lowest BCUT2D eigenvalue weighted by molar-refractivity contribution is 0.0596. The van der Waals surface area contributed by atoms with Crippen LogP contribution >= 0.6 is 12.6 Å². The summed E-state index contributed by atoms with van der Waals surface area (Å²) in [6, 6.07) is 5.23. The van der Waals surface area contributed by atoms with Crippen molar-refractivity contribution < 1.29 is 9.53 Å². The van der Waals surface area contributed by atoms with Gasteiger partial charge in [0.2, 0.25) is 0 Å². The minimum Gasteiger partial charge on any atom is -0.465 e. The van der Waals surface area contributed by atoms with Crippen molar-refractivity contribution in [2.45, 2.75) is 18.2 Å². The van der Waals surface area contributed by atoms with Gasteiger partial charge in [-0.15, -0.1) is 12.6 Å². The maximum atomic E-state index is 11.4. The monoisotopic (exact) mass is 221 g/mol. The van der Waals surface area contributed by atoms with Crippen molar-refractivity contribution in [3.05, 3.63) is 28.8 Å². The van der Waals surface area contributed by atoms with E-state index in [1.807, 2.05) is 13.0 Å². The van der Waals surface area contributed by atoms with E-state index in [1.165, 1.54) is 13.2 Å². The fourth-order valence-corrected chi connectivity index (χ4v) is 1.67. The molecule has 0 aromatic heterocycles. The zero-order chi connectivity index (χ0) is 11.4. The second-order valence-corrected chi connectivity index (χ2v) is 3.44. The minimum absolute atomic E-state index is 0.344. The van der Waals surface area contributed by atoms with Gasteiger partial charge < -0.3 is 4.74 Å². The van der Waals surface area contributed by atoms with E-state index in [4.69, 9.17) is 5.26 Å². The maximum Gasteiger partial charge on any atom is 0.339 e. The van der Waals surface area contributed by atoms with Gasteiger partial charge in [-0.25, -0.2) is 4.79 Å². The van der Waals surface area contributed by atoms with Gasteiger partial charge in [-0.2, -0.15) is 5.26 Å². The van der Waals surface area contributed by atoms with Gasteiger partial charge in [-0.05, 0) is 24.1 Å². The van der Waals surface area contributed by atoms with E-state index in [1.54, 1.807) is 6.07 Å². The zero-order valence-electron chi connectivity index (χ0n) is 8.57. The second-order valence-electron chi connectivity index (χ2n) is 2.99. The average molecular weight is 221 g/mol. The summed E-state index contributed by atoms with van der Waals surface area (Å²) < 4.78 is 4.62. The van der Waals surface area contributed by atoms with Gasteiger partial charge in [-0.1, -0.05) is 6.92 Å². The third kappa shape index (κ3) is 2.31. The van der Waals surface area contributed by atoms with Gasteiger partial charge in [0.1, 0.15) is 0 Å². The fourth-order valence-electron chi connectivity index (χ4n) is 1.29. The highest BCUT2D eigenvalue weighted by Gasteiger charge is 2.14. The molecule has 0 amide bonds. The van der Waals surface area contributed by atoms with Gasteiger partial charge in [0.15, 0.2) is 0 Å². The predicted octanol–water partition coefficient (Wildman–Crippen LogP) is 2.20. The van der Waals surface area contributed by atoms with Gasteiger partial charge in [0.25, 0.3) is 0 Å². The number of esters is 1. The Morgan fingerprint density at radius 1 is 1.60 bits per heavy atom. The molecule has 1 rings (SSSR count). The summed E-state index contributed by atoms with van der Waals surface area (Å²) in [7, 11) is 1.31. The summed E-state index contributed by atoms with van der Waals surface area (Å²) >= 11 is 4.26. The van der Waals surface area contributed by atoms with Crippen molar-refractivity contribution in [3.8, 4) is 6.07 Å². The highest BCUT2D eigenvalue weighted by atomic mass is 32.1. The van der Waals surface area contributed by atoms with Crippen LogP contribution in [-0.4, -0.2) is 13.1 Å². The number of benzene rings is 1. The van der Waals surface area contributed by atoms with E-state index in [0.717, 1.165) is 12.0 Å². The number of hydrogen-bond acceptors (Lipinski definition) is 4. The number of ether oxygens (including phenoxy) is 1. The highest BCUT2D eigenvalue weighted by molar-refractivity contribution is 7.80. The van der Waals surface area contributed by atoms with Crippen molar-refractivity contribution in [1.29, 1.82) is 5.26 Å². The normalized spacial score (nSPS) is 9.47. The summed E-state index contributed by atoms with van der Waals surface area (Å²) in [6.07, 6.45) is 0.721. The molecular weight excluding hydrogens is 210 g/mol.